The van der Waals surface area contributed by atoms with E-state index in [2.05, 4.69) is 26.9 Å². The average Bonchev–Trinajstić information content (AvgIpc) is 2.97. The number of aromatic nitrogens is 2. The third kappa shape index (κ3) is 4.80. The summed E-state index contributed by atoms with van der Waals surface area (Å²) in [5, 5.41) is 12.5. The van der Waals surface area contributed by atoms with Crippen LogP contribution in [0.4, 0.5) is 0 Å². The van der Waals surface area contributed by atoms with Crippen LogP contribution in [0.15, 0.2) is 53.4 Å². The number of carbonyl (C=O) groups excluding carboxylic acids is 1. The molecule has 0 saturated carbocycles. The number of rotatable bonds is 3. The van der Waals surface area contributed by atoms with Crippen LogP contribution in [-0.4, -0.2) is 46.9 Å². The number of amides is 1. The van der Waals surface area contributed by atoms with Crippen LogP contribution in [0.5, 0.6) is 0 Å². The van der Waals surface area contributed by atoms with E-state index in [1.54, 1.807) is 12.1 Å². The Morgan fingerprint density at radius 2 is 1.79 bits per heavy atom. The van der Waals surface area contributed by atoms with Crippen molar-refractivity contribution in [1.82, 2.24) is 14.8 Å². The molecule has 0 unspecified atom stereocenters. The number of benzene rings is 1. The van der Waals surface area contributed by atoms with Crippen molar-refractivity contribution in [3.05, 3.63) is 96.6 Å². The van der Waals surface area contributed by atoms with Crippen molar-refractivity contribution in [2.45, 2.75) is 25.3 Å². The Hall–Kier alpha value is -2.19. The zero-order valence-corrected chi connectivity index (χ0v) is 21.5. The molecule has 176 valence electrons. The van der Waals surface area contributed by atoms with E-state index >= 15 is 0 Å². The summed E-state index contributed by atoms with van der Waals surface area (Å²) in [6.07, 6.45) is 6.67. The Labute approximate surface area is 216 Å². The van der Waals surface area contributed by atoms with Crippen LogP contribution >= 0.6 is 39.1 Å². The maximum atomic E-state index is 12.9. The van der Waals surface area contributed by atoms with Crippen molar-refractivity contribution in [1.29, 1.82) is 0 Å². The van der Waals surface area contributed by atoms with Crippen molar-refractivity contribution >= 4 is 45.0 Å². The summed E-state index contributed by atoms with van der Waals surface area (Å²) >= 11 is 16.7. The molecule has 0 N–H and O–H groups in total. The number of pyridine rings is 2. The number of piperazine rings is 1. The molecule has 3 aromatic rings. The van der Waals surface area contributed by atoms with Gasteiger partial charge in [-0.05, 0) is 69.2 Å². The summed E-state index contributed by atoms with van der Waals surface area (Å²) in [4.78, 5) is 22.0. The number of hydrogen-bond donors (Lipinski definition) is 0. The minimum Gasteiger partial charge on any atom is -0.619 e. The van der Waals surface area contributed by atoms with E-state index < -0.39 is 0 Å². The third-order valence-electron chi connectivity index (χ3n) is 6.60. The molecule has 1 aliphatic carbocycles. The number of halogens is 3. The third-order valence-corrected chi connectivity index (χ3v) is 7.57. The molecule has 1 atom stereocenters. The van der Waals surface area contributed by atoms with Crippen LogP contribution < -0.4 is 4.73 Å². The first-order valence-electron chi connectivity index (χ1n) is 11.2. The van der Waals surface area contributed by atoms with Gasteiger partial charge in [0, 0.05) is 59.0 Å². The maximum Gasteiger partial charge on any atom is 0.227 e. The Morgan fingerprint density at radius 1 is 1.09 bits per heavy atom. The smallest absolute Gasteiger partial charge is 0.227 e. The number of hydrogen-bond acceptors (Lipinski definition) is 4. The SMILES string of the molecule is O=C(Cc1cc[n+]([O-])cc1)N1CCN([C@@H]2c3ncc(Br)cc3CCc3cc(Cl)cc(Cl)c32)CC1. The zero-order chi connectivity index (χ0) is 23.8. The lowest BCUT2D eigenvalue weighted by Gasteiger charge is -2.40. The van der Waals surface area contributed by atoms with Crippen LogP contribution in [0.25, 0.3) is 0 Å². The molecule has 1 aromatic carbocycles. The van der Waals surface area contributed by atoms with Crippen molar-refractivity contribution < 1.29 is 9.52 Å². The molecule has 34 heavy (non-hydrogen) atoms. The van der Waals surface area contributed by atoms with Gasteiger partial charge in [-0.3, -0.25) is 14.7 Å². The molecule has 1 saturated heterocycles. The summed E-state index contributed by atoms with van der Waals surface area (Å²) in [6, 6.07) is 9.26. The molecule has 2 aromatic heterocycles. The van der Waals surface area contributed by atoms with E-state index in [0.29, 0.717) is 36.2 Å². The summed E-state index contributed by atoms with van der Waals surface area (Å²) in [7, 11) is 0. The molecule has 1 amide bonds. The molecule has 0 radical (unpaired) electrons. The summed E-state index contributed by atoms with van der Waals surface area (Å²) in [6.45, 7) is 2.66. The normalized spacial score (nSPS) is 18.2. The molecular formula is C25H23BrCl2N4O2. The van der Waals surface area contributed by atoms with E-state index in [9.17, 15) is 10.0 Å². The van der Waals surface area contributed by atoms with Gasteiger partial charge in [0.2, 0.25) is 5.91 Å². The molecule has 0 spiro atoms. The van der Waals surface area contributed by atoms with Gasteiger partial charge in [-0.25, -0.2) is 0 Å². The van der Waals surface area contributed by atoms with E-state index in [1.807, 2.05) is 23.2 Å². The topological polar surface area (TPSA) is 63.4 Å². The standard InChI is InChI=1S/C25H23BrCl2N4O2/c26-19-12-18-2-1-17-13-20(27)14-21(28)23(17)25(24(18)29-15-19)31-9-7-30(8-10-31)22(33)11-16-3-5-32(34)6-4-16/h3-6,12-15,25H,1-2,7-11H2/t25-/m0/s1. The minimum atomic E-state index is -0.0933. The van der Waals surface area contributed by atoms with Crippen LogP contribution in [0, 0.1) is 5.21 Å². The van der Waals surface area contributed by atoms with E-state index in [0.717, 1.165) is 44.4 Å². The molecule has 1 aliphatic heterocycles. The molecule has 5 rings (SSSR count). The van der Waals surface area contributed by atoms with Crippen molar-refractivity contribution in [2.24, 2.45) is 0 Å². The van der Waals surface area contributed by atoms with Gasteiger partial charge in [0.25, 0.3) is 0 Å². The Bertz CT molecular complexity index is 1230. The highest BCUT2D eigenvalue weighted by atomic mass is 79.9. The highest BCUT2D eigenvalue weighted by molar-refractivity contribution is 9.10. The first-order valence-corrected chi connectivity index (χ1v) is 12.8. The molecule has 3 heterocycles. The van der Waals surface area contributed by atoms with Crippen LogP contribution in [0.2, 0.25) is 10.0 Å². The number of fused-ring (bicyclic) bond motifs is 2. The highest BCUT2D eigenvalue weighted by Crippen LogP contribution is 2.41. The Balaban J connectivity index is 1.40. The van der Waals surface area contributed by atoms with Gasteiger partial charge in [0.05, 0.1) is 18.2 Å². The predicted molar refractivity (Wildman–Crippen MR) is 135 cm³/mol. The molecule has 2 aliphatic rings. The lowest BCUT2D eigenvalue weighted by atomic mass is 9.96. The van der Waals surface area contributed by atoms with Crippen molar-refractivity contribution in [3.63, 3.8) is 0 Å². The second-order valence-corrected chi connectivity index (χ2v) is 10.5. The van der Waals surface area contributed by atoms with E-state index in [-0.39, 0.29) is 18.4 Å². The zero-order valence-electron chi connectivity index (χ0n) is 18.4. The van der Waals surface area contributed by atoms with Crippen LogP contribution in [0.3, 0.4) is 0 Å². The fourth-order valence-electron chi connectivity index (χ4n) is 4.93. The van der Waals surface area contributed by atoms with Crippen molar-refractivity contribution in [3.8, 4) is 0 Å². The summed E-state index contributed by atoms with van der Waals surface area (Å²) < 4.78 is 1.68. The molecular weight excluding hydrogens is 539 g/mol. The number of nitrogens with zero attached hydrogens (tertiary/aromatic N) is 4. The Kier molecular flexibility index (Phi) is 6.80. The fourth-order valence-corrected chi connectivity index (χ4v) is 5.95. The molecule has 9 heteroatoms. The lowest BCUT2D eigenvalue weighted by Crippen LogP contribution is -2.50. The number of aryl methyl sites for hydroxylation is 2. The minimum absolute atomic E-state index is 0.0665. The van der Waals surface area contributed by atoms with Gasteiger partial charge in [0.15, 0.2) is 12.4 Å². The first-order chi connectivity index (χ1) is 16.4. The molecule has 6 nitrogen and oxygen atoms in total. The van der Waals surface area contributed by atoms with Gasteiger partial charge < -0.3 is 10.1 Å². The average molecular weight is 562 g/mol. The summed E-state index contributed by atoms with van der Waals surface area (Å²) in [5.74, 6) is 0.0665. The van der Waals surface area contributed by atoms with Gasteiger partial charge in [-0.2, -0.15) is 4.73 Å². The largest absolute Gasteiger partial charge is 0.619 e. The van der Waals surface area contributed by atoms with Gasteiger partial charge in [-0.15, -0.1) is 0 Å². The first kappa shape index (κ1) is 23.5. The van der Waals surface area contributed by atoms with E-state index in [1.165, 1.54) is 18.0 Å². The van der Waals surface area contributed by atoms with Crippen LogP contribution in [-0.2, 0) is 24.1 Å². The molecule has 0 bridgehead atoms. The van der Waals surface area contributed by atoms with Gasteiger partial charge >= 0.3 is 0 Å². The predicted octanol–water partition coefficient (Wildman–Crippen LogP) is 4.36. The summed E-state index contributed by atoms with van der Waals surface area (Å²) in [5.41, 5.74) is 5.26. The van der Waals surface area contributed by atoms with Crippen molar-refractivity contribution in [2.75, 3.05) is 26.2 Å². The van der Waals surface area contributed by atoms with E-state index in [4.69, 9.17) is 28.2 Å². The highest BCUT2D eigenvalue weighted by Gasteiger charge is 2.34. The van der Waals surface area contributed by atoms with Gasteiger partial charge in [0.1, 0.15) is 0 Å². The van der Waals surface area contributed by atoms with Crippen LogP contribution in [0.1, 0.15) is 34.0 Å². The quantitative estimate of drug-likeness (QED) is 0.352. The lowest BCUT2D eigenvalue weighted by molar-refractivity contribution is -0.605. The number of carbonyl (C=O) groups is 1. The fraction of sp³-hybridized carbons (Fsp3) is 0.320. The maximum absolute atomic E-state index is 12.9. The monoisotopic (exact) mass is 560 g/mol. The molecule has 1 fully saturated rings. The second-order valence-electron chi connectivity index (χ2n) is 8.72. The second kappa shape index (κ2) is 9.82. The van der Waals surface area contributed by atoms with Gasteiger partial charge in [-0.1, -0.05) is 23.2 Å². The Morgan fingerprint density at radius 3 is 2.53 bits per heavy atom.